The standard InChI is InChI=1S/C18H22ClFN2O4/c1-18(2,3)26-17(24)22-7-11-12(8-22)16(11)21-15(23)9-25-10-4-5-13(19)14(20)6-10/h4-6,11-12,16H,7-9H2,1-3H3,(H,21,23). The molecule has 1 N–H and O–H groups in total. The molecule has 0 radical (unpaired) electrons. The van der Waals surface area contributed by atoms with Crippen LogP contribution in [0.1, 0.15) is 20.8 Å². The van der Waals surface area contributed by atoms with Crippen LogP contribution in [0.4, 0.5) is 9.18 Å². The smallest absolute Gasteiger partial charge is 0.410 e. The molecule has 6 nitrogen and oxygen atoms in total. The maximum Gasteiger partial charge on any atom is 0.410 e. The SMILES string of the molecule is CC(C)(C)OC(=O)N1CC2C(C1)C2NC(=O)COc1ccc(Cl)c(F)c1. The minimum atomic E-state index is -0.594. The van der Waals surface area contributed by atoms with Crippen molar-refractivity contribution in [2.24, 2.45) is 11.8 Å². The summed E-state index contributed by atoms with van der Waals surface area (Å²) in [5.74, 6) is -0.125. The topological polar surface area (TPSA) is 67.9 Å². The molecule has 2 unspecified atom stereocenters. The molecule has 1 heterocycles. The first-order valence-electron chi connectivity index (χ1n) is 8.49. The van der Waals surface area contributed by atoms with Crippen LogP contribution < -0.4 is 10.1 Å². The number of hydrogen-bond donors (Lipinski definition) is 1. The van der Waals surface area contributed by atoms with E-state index < -0.39 is 11.4 Å². The normalized spacial score (nSPS) is 24.0. The van der Waals surface area contributed by atoms with Crippen LogP contribution in [0, 0.1) is 17.7 Å². The van der Waals surface area contributed by atoms with Gasteiger partial charge in [0.25, 0.3) is 5.91 Å². The fourth-order valence-electron chi connectivity index (χ4n) is 3.16. The summed E-state index contributed by atoms with van der Waals surface area (Å²) in [5.41, 5.74) is -0.518. The molecular weight excluding hydrogens is 363 g/mol. The number of carbonyl (C=O) groups excluding carboxylic acids is 2. The van der Waals surface area contributed by atoms with Crippen molar-refractivity contribution in [2.45, 2.75) is 32.4 Å². The number of benzene rings is 1. The van der Waals surface area contributed by atoms with Crippen LogP contribution in [0.2, 0.25) is 5.02 Å². The molecule has 0 aromatic heterocycles. The van der Waals surface area contributed by atoms with Gasteiger partial charge in [0.2, 0.25) is 0 Å². The van der Waals surface area contributed by atoms with Crippen LogP contribution in [-0.4, -0.2) is 48.2 Å². The molecule has 0 spiro atoms. The van der Waals surface area contributed by atoms with Gasteiger partial charge in [0.15, 0.2) is 6.61 Å². The highest BCUT2D eigenvalue weighted by Gasteiger charge is 2.57. The van der Waals surface area contributed by atoms with E-state index in [-0.39, 0.29) is 47.3 Å². The van der Waals surface area contributed by atoms with Gasteiger partial charge in [0, 0.05) is 37.0 Å². The number of nitrogens with zero attached hydrogens (tertiary/aromatic N) is 1. The lowest BCUT2D eigenvalue weighted by Gasteiger charge is -2.26. The minimum absolute atomic E-state index is 0.00199. The van der Waals surface area contributed by atoms with Gasteiger partial charge < -0.3 is 19.7 Å². The van der Waals surface area contributed by atoms with E-state index in [1.807, 2.05) is 20.8 Å². The number of hydrogen-bond acceptors (Lipinski definition) is 4. The first-order valence-corrected chi connectivity index (χ1v) is 8.87. The molecule has 1 aliphatic carbocycles. The highest BCUT2D eigenvalue weighted by molar-refractivity contribution is 6.30. The zero-order valence-electron chi connectivity index (χ0n) is 14.9. The van der Waals surface area contributed by atoms with E-state index in [0.717, 1.165) is 6.07 Å². The number of carbonyl (C=O) groups is 2. The Balaban J connectivity index is 1.40. The van der Waals surface area contributed by atoms with E-state index in [1.54, 1.807) is 4.90 Å². The van der Waals surface area contributed by atoms with Crippen LogP contribution in [0.25, 0.3) is 0 Å². The zero-order valence-corrected chi connectivity index (χ0v) is 15.7. The van der Waals surface area contributed by atoms with E-state index in [9.17, 15) is 14.0 Å². The maximum atomic E-state index is 13.3. The predicted octanol–water partition coefficient (Wildman–Crippen LogP) is 2.84. The molecular formula is C18H22ClFN2O4. The molecule has 3 rings (SSSR count). The second-order valence-electron chi connectivity index (χ2n) is 7.67. The molecule has 2 aliphatic rings. The lowest BCUT2D eigenvalue weighted by molar-refractivity contribution is -0.123. The van der Waals surface area contributed by atoms with Crippen molar-refractivity contribution in [3.05, 3.63) is 29.0 Å². The second-order valence-corrected chi connectivity index (χ2v) is 8.08. The summed E-state index contributed by atoms with van der Waals surface area (Å²) in [7, 11) is 0. The molecule has 1 saturated heterocycles. The van der Waals surface area contributed by atoms with Crippen LogP contribution in [0.5, 0.6) is 5.75 Å². The van der Waals surface area contributed by atoms with Crippen LogP contribution >= 0.6 is 11.6 Å². The Labute approximate surface area is 156 Å². The van der Waals surface area contributed by atoms with Crippen molar-refractivity contribution in [2.75, 3.05) is 19.7 Å². The summed E-state index contributed by atoms with van der Waals surface area (Å²) in [4.78, 5) is 25.7. The van der Waals surface area contributed by atoms with Gasteiger partial charge in [-0.05, 0) is 32.9 Å². The highest BCUT2D eigenvalue weighted by Crippen LogP contribution is 2.45. The fraction of sp³-hybridized carbons (Fsp3) is 0.556. The zero-order chi connectivity index (χ0) is 19.1. The number of likely N-dealkylation sites (tertiary alicyclic amines) is 1. The number of fused-ring (bicyclic) bond motifs is 1. The van der Waals surface area contributed by atoms with Crippen molar-refractivity contribution in [1.82, 2.24) is 10.2 Å². The number of piperidine rings is 1. The largest absolute Gasteiger partial charge is 0.484 e. The first-order chi connectivity index (χ1) is 12.1. The van der Waals surface area contributed by atoms with E-state index in [1.165, 1.54) is 12.1 Å². The van der Waals surface area contributed by atoms with Crippen molar-refractivity contribution in [3.63, 3.8) is 0 Å². The number of rotatable bonds is 4. The molecule has 26 heavy (non-hydrogen) atoms. The van der Waals surface area contributed by atoms with Crippen LogP contribution in [0.15, 0.2) is 18.2 Å². The van der Waals surface area contributed by atoms with E-state index in [4.69, 9.17) is 21.1 Å². The van der Waals surface area contributed by atoms with Gasteiger partial charge in [-0.1, -0.05) is 11.6 Å². The van der Waals surface area contributed by atoms with Gasteiger partial charge in [-0.3, -0.25) is 4.79 Å². The van der Waals surface area contributed by atoms with Gasteiger partial charge in [-0.25, -0.2) is 9.18 Å². The van der Waals surface area contributed by atoms with Gasteiger partial charge in [-0.2, -0.15) is 0 Å². The average molecular weight is 385 g/mol. The molecule has 1 aliphatic heterocycles. The quantitative estimate of drug-likeness (QED) is 0.866. The Hall–Kier alpha value is -2.02. The van der Waals surface area contributed by atoms with E-state index in [0.29, 0.717) is 13.1 Å². The molecule has 0 bridgehead atoms. The number of nitrogens with one attached hydrogen (secondary N) is 1. The van der Waals surface area contributed by atoms with Crippen LogP contribution in [0.3, 0.4) is 0 Å². The predicted molar refractivity (Wildman–Crippen MR) is 93.6 cm³/mol. The summed E-state index contributed by atoms with van der Waals surface area (Å²) >= 11 is 5.60. The third-order valence-electron chi connectivity index (χ3n) is 4.43. The minimum Gasteiger partial charge on any atom is -0.484 e. The molecule has 2 atom stereocenters. The Kier molecular flexibility index (Phi) is 5.01. The second kappa shape index (κ2) is 6.95. The van der Waals surface area contributed by atoms with Crippen molar-refractivity contribution in [3.8, 4) is 5.75 Å². The monoisotopic (exact) mass is 384 g/mol. The Morgan fingerprint density at radius 2 is 1.96 bits per heavy atom. The van der Waals surface area contributed by atoms with Gasteiger partial charge in [0.05, 0.1) is 5.02 Å². The molecule has 1 saturated carbocycles. The van der Waals surface area contributed by atoms with E-state index >= 15 is 0 Å². The lowest BCUT2D eigenvalue weighted by atomic mass is 10.2. The van der Waals surface area contributed by atoms with Gasteiger partial charge in [-0.15, -0.1) is 0 Å². The Bertz CT molecular complexity index is 710. The molecule has 1 aromatic carbocycles. The third-order valence-corrected chi connectivity index (χ3v) is 4.74. The number of ether oxygens (including phenoxy) is 2. The molecule has 2 amide bonds. The fourth-order valence-corrected chi connectivity index (χ4v) is 3.28. The van der Waals surface area contributed by atoms with E-state index in [2.05, 4.69) is 5.32 Å². The van der Waals surface area contributed by atoms with Gasteiger partial charge >= 0.3 is 6.09 Å². The van der Waals surface area contributed by atoms with Crippen molar-refractivity contribution in [1.29, 1.82) is 0 Å². The Morgan fingerprint density at radius 3 is 2.54 bits per heavy atom. The van der Waals surface area contributed by atoms with Crippen molar-refractivity contribution >= 4 is 23.6 Å². The van der Waals surface area contributed by atoms with Gasteiger partial charge in [0.1, 0.15) is 17.2 Å². The summed E-state index contributed by atoms with van der Waals surface area (Å²) in [6, 6.07) is 4.07. The maximum absolute atomic E-state index is 13.3. The highest BCUT2D eigenvalue weighted by atomic mass is 35.5. The number of amides is 2. The lowest BCUT2D eigenvalue weighted by Crippen LogP contribution is -2.41. The van der Waals surface area contributed by atoms with Crippen LogP contribution in [-0.2, 0) is 9.53 Å². The molecule has 2 fully saturated rings. The van der Waals surface area contributed by atoms with Crippen molar-refractivity contribution < 1.29 is 23.5 Å². The molecule has 1 aromatic rings. The first kappa shape index (κ1) is 18.8. The molecule has 142 valence electrons. The summed E-state index contributed by atoms with van der Waals surface area (Å²) in [6.07, 6.45) is -0.317. The molecule has 8 heteroatoms. The number of halogens is 2. The summed E-state index contributed by atoms with van der Waals surface area (Å²) in [5, 5.41) is 2.90. The summed E-state index contributed by atoms with van der Waals surface area (Å²) < 4.78 is 24.0. The summed E-state index contributed by atoms with van der Waals surface area (Å²) in [6.45, 7) is 6.44. The average Bonchev–Trinajstić information content (AvgIpc) is 2.97. The Morgan fingerprint density at radius 1 is 1.31 bits per heavy atom. The third kappa shape index (κ3) is 4.38.